The van der Waals surface area contributed by atoms with Crippen molar-refractivity contribution in [1.82, 2.24) is 4.98 Å². The predicted octanol–water partition coefficient (Wildman–Crippen LogP) is 4.65. The summed E-state index contributed by atoms with van der Waals surface area (Å²) in [6.45, 7) is 0. The Balaban J connectivity index is 1.42. The highest BCUT2D eigenvalue weighted by Crippen LogP contribution is 2.31. The Hall–Kier alpha value is -2.25. The number of benzene rings is 2. The number of nitrogens with one attached hydrogen (secondary N) is 1. The smallest absolute Gasteiger partial charge is 0.227 e. The van der Waals surface area contributed by atoms with Crippen LogP contribution >= 0.6 is 11.3 Å². The van der Waals surface area contributed by atoms with Crippen molar-refractivity contribution in [3.05, 3.63) is 47.8 Å². The molecule has 1 saturated carbocycles. The van der Waals surface area contributed by atoms with Gasteiger partial charge in [-0.1, -0.05) is 55.3 Å². The van der Waals surface area contributed by atoms with Gasteiger partial charge in [0, 0.05) is 17.4 Å². The minimum Gasteiger partial charge on any atom is -0.302 e. The molecule has 0 radical (unpaired) electrons. The normalized spacial score (nSPS) is 15.1. The van der Waals surface area contributed by atoms with E-state index < -0.39 is 9.84 Å². The lowest BCUT2D eigenvalue weighted by molar-refractivity contribution is -0.115. The summed E-state index contributed by atoms with van der Waals surface area (Å²) in [4.78, 5) is 16.8. The molecule has 7 heteroatoms. The van der Waals surface area contributed by atoms with Crippen LogP contribution < -0.4 is 5.32 Å². The molecule has 1 N–H and O–H groups in total. The number of amides is 1. The van der Waals surface area contributed by atoms with Gasteiger partial charge in [0.1, 0.15) is 0 Å². The third-order valence-corrected chi connectivity index (χ3v) is 8.26. The number of carbonyl (C=O) groups excluding carboxylic acids is 1. The molecule has 0 unspecified atom stereocenters. The van der Waals surface area contributed by atoms with Gasteiger partial charge in [0.2, 0.25) is 5.91 Å². The highest BCUT2D eigenvalue weighted by atomic mass is 32.2. The molecule has 1 aliphatic rings. The zero-order chi connectivity index (χ0) is 19.6. The lowest BCUT2D eigenvalue weighted by atomic mass is 10.0. The van der Waals surface area contributed by atoms with E-state index >= 15 is 0 Å². The molecular weight excluding hydrogens is 392 g/mol. The van der Waals surface area contributed by atoms with Crippen molar-refractivity contribution in [3.63, 3.8) is 0 Å². The minimum absolute atomic E-state index is 0.0258. The minimum atomic E-state index is -3.19. The van der Waals surface area contributed by atoms with Crippen LogP contribution in [0.5, 0.6) is 0 Å². The van der Waals surface area contributed by atoms with Crippen LogP contribution in [-0.4, -0.2) is 30.3 Å². The Morgan fingerprint density at radius 3 is 2.68 bits per heavy atom. The standard InChI is InChI=1S/C21H22N2O3S2/c24-20(12-13-28(25,26)16-8-2-3-9-16)23-21-22-19(14-27-21)18-11-5-7-15-6-1-4-10-17(15)18/h1,4-7,10-11,14,16H,2-3,8-9,12-13H2,(H,22,23,24). The van der Waals surface area contributed by atoms with E-state index in [0.29, 0.717) is 5.13 Å². The number of carbonyl (C=O) groups is 1. The van der Waals surface area contributed by atoms with E-state index in [1.807, 2.05) is 29.6 Å². The van der Waals surface area contributed by atoms with Gasteiger partial charge in [-0.05, 0) is 23.6 Å². The molecule has 3 aromatic rings. The van der Waals surface area contributed by atoms with E-state index in [-0.39, 0.29) is 23.3 Å². The second kappa shape index (κ2) is 8.01. The number of nitrogens with zero attached hydrogens (tertiary/aromatic N) is 1. The fourth-order valence-electron chi connectivity index (χ4n) is 3.73. The number of rotatable bonds is 6. The number of sulfone groups is 1. The van der Waals surface area contributed by atoms with E-state index in [2.05, 4.69) is 28.5 Å². The van der Waals surface area contributed by atoms with Crippen molar-refractivity contribution >= 4 is 43.0 Å². The fraction of sp³-hybridized carbons (Fsp3) is 0.333. The third-order valence-electron chi connectivity index (χ3n) is 5.24. The van der Waals surface area contributed by atoms with Crippen LogP contribution in [0.4, 0.5) is 5.13 Å². The molecule has 0 spiro atoms. The van der Waals surface area contributed by atoms with Crippen LogP contribution in [0.2, 0.25) is 0 Å². The van der Waals surface area contributed by atoms with Gasteiger partial charge in [0.05, 0.1) is 16.7 Å². The van der Waals surface area contributed by atoms with E-state index in [1.165, 1.54) is 11.3 Å². The maximum Gasteiger partial charge on any atom is 0.227 e. The molecule has 0 bridgehead atoms. The van der Waals surface area contributed by atoms with Gasteiger partial charge in [-0.2, -0.15) is 0 Å². The summed E-state index contributed by atoms with van der Waals surface area (Å²) in [6, 6.07) is 14.2. The van der Waals surface area contributed by atoms with E-state index in [9.17, 15) is 13.2 Å². The van der Waals surface area contributed by atoms with E-state index in [0.717, 1.165) is 47.7 Å². The van der Waals surface area contributed by atoms with Crippen molar-refractivity contribution in [2.24, 2.45) is 0 Å². The summed E-state index contributed by atoms with van der Waals surface area (Å²) in [5, 5.41) is 7.13. The lowest BCUT2D eigenvalue weighted by Crippen LogP contribution is -2.24. The predicted molar refractivity (Wildman–Crippen MR) is 114 cm³/mol. The molecule has 5 nitrogen and oxygen atoms in total. The molecule has 0 atom stereocenters. The lowest BCUT2D eigenvalue weighted by Gasteiger charge is -2.10. The largest absolute Gasteiger partial charge is 0.302 e. The summed E-state index contributed by atoms with van der Waals surface area (Å²) >= 11 is 1.35. The molecule has 28 heavy (non-hydrogen) atoms. The van der Waals surface area contributed by atoms with Gasteiger partial charge in [0.15, 0.2) is 15.0 Å². The number of hydrogen-bond acceptors (Lipinski definition) is 5. The van der Waals surface area contributed by atoms with Crippen molar-refractivity contribution in [2.75, 3.05) is 11.1 Å². The summed E-state index contributed by atoms with van der Waals surface area (Å²) in [6.07, 6.45) is 3.36. The third kappa shape index (κ3) is 4.10. The first-order valence-electron chi connectivity index (χ1n) is 9.48. The Morgan fingerprint density at radius 1 is 1.11 bits per heavy atom. The number of anilines is 1. The summed E-state index contributed by atoms with van der Waals surface area (Å²) in [5.41, 5.74) is 1.81. The number of fused-ring (bicyclic) bond motifs is 1. The highest BCUT2D eigenvalue weighted by molar-refractivity contribution is 7.92. The first-order valence-corrected chi connectivity index (χ1v) is 12.1. The van der Waals surface area contributed by atoms with Crippen LogP contribution in [0.15, 0.2) is 47.8 Å². The molecule has 1 fully saturated rings. The Kier molecular flexibility index (Phi) is 5.46. The van der Waals surface area contributed by atoms with Gasteiger partial charge in [-0.25, -0.2) is 13.4 Å². The van der Waals surface area contributed by atoms with Crippen LogP contribution in [0.25, 0.3) is 22.0 Å². The zero-order valence-corrected chi connectivity index (χ0v) is 17.1. The Labute approximate surface area is 168 Å². The zero-order valence-electron chi connectivity index (χ0n) is 15.4. The van der Waals surface area contributed by atoms with Crippen molar-refractivity contribution in [1.29, 1.82) is 0 Å². The maximum atomic E-state index is 12.3. The molecule has 1 aliphatic carbocycles. The van der Waals surface area contributed by atoms with Gasteiger partial charge < -0.3 is 5.32 Å². The van der Waals surface area contributed by atoms with Crippen molar-refractivity contribution in [2.45, 2.75) is 37.4 Å². The van der Waals surface area contributed by atoms with Crippen molar-refractivity contribution in [3.8, 4) is 11.3 Å². The number of thiazole rings is 1. The van der Waals surface area contributed by atoms with Gasteiger partial charge >= 0.3 is 0 Å². The Bertz CT molecular complexity index is 1090. The number of aromatic nitrogens is 1. The van der Waals surface area contributed by atoms with Crippen LogP contribution in [0.1, 0.15) is 32.1 Å². The van der Waals surface area contributed by atoms with Crippen LogP contribution in [-0.2, 0) is 14.6 Å². The average Bonchev–Trinajstić information content (AvgIpc) is 3.39. The molecule has 4 rings (SSSR count). The monoisotopic (exact) mass is 414 g/mol. The average molecular weight is 415 g/mol. The SMILES string of the molecule is O=C(CCS(=O)(=O)C1CCCC1)Nc1nc(-c2cccc3ccccc23)cs1. The molecule has 1 aromatic heterocycles. The van der Waals surface area contributed by atoms with Crippen molar-refractivity contribution < 1.29 is 13.2 Å². The fourth-order valence-corrected chi connectivity index (χ4v) is 6.32. The Morgan fingerprint density at radius 2 is 1.86 bits per heavy atom. The second-order valence-electron chi connectivity index (χ2n) is 7.14. The summed E-state index contributed by atoms with van der Waals surface area (Å²) in [7, 11) is -3.19. The molecule has 2 aromatic carbocycles. The second-order valence-corrected chi connectivity index (χ2v) is 10.4. The molecule has 1 heterocycles. The molecule has 1 amide bonds. The van der Waals surface area contributed by atoms with Gasteiger partial charge in [-0.3, -0.25) is 4.79 Å². The first-order chi connectivity index (χ1) is 13.5. The maximum absolute atomic E-state index is 12.3. The van der Waals surface area contributed by atoms with E-state index in [4.69, 9.17) is 0 Å². The first kappa shape index (κ1) is 19.1. The molecule has 146 valence electrons. The number of hydrogen-bond donors (Lipinski definition) is 1. The van der Waals surface area contributed by atoms with Gasteiger partial charge in [0.25, 0.3) is 0 Å². The topological polar surface area (TPSA) is 76.1 Å². The van der Waals surface area contributed by atoms with E-state index in [1.54, 1.807) is 0 Å². The molecular formula is C21H22N2O3S2. The highest BCUT2D eigenvalue weighted by Gasteiger charge is 2.28. The van der Waals surface area contributed by atoms with Crippen LogP contribution in [0, 0.1) is 0 Å². The van der Waals surface area contributed by atoms with Crippen LogP contribution in [0.3, 0.4) is 0 Å². The summed E-state index contributed by atoms with van der Waals surface area (Å²) < 4.78 is 24.6. The quantitative estimate of drug-likeness (QED) is 0.637. The molecule has 0 aliphatic heterocycles. The molecule has 0 saturated heterocycles. The summed E-state index contributed by atoms with van der Waals surface area (Å²) in [5.74, 6) is -0.397. The van der Waals surface area contributed by atoms with Gasteiger partial charge in [-0.15, -0.1) is 11.3 Å².